The minimum Gasteiger partial charge on any atom is -0.354 e. The summed E-state index contributed by atoms with van der Waals surface area (Å²) in [4.78, 5) is 51.9. The van der Waals surface area contributed by atoms with E-state index in [0.29, 0.717) is 6.54 Å². The number of carbonyl (C=O) groups excluding carboxylic acids is 3. The second-order valence-electron chi connectivity index (χ2n) is 11.8. The first kappa shape index (κ1) is 25.1. The molecule has 0 radical (unpaired) electrons. The predicted molar refractivity (Wildman–Crippen MR) is 152 cm³/mol. The van der Waals surface area contributed by atoms with Crippen molar-refractivity contribution < 1.29 is 14.4 Å². The second-order valence-corrected chi connectivity index (χ2v) is 11.8. The van der Waals surface area contributed by atoms with Crippen molar-refractivity contribution in [2.45, 2.75) is 30.6 Å². The highest BCUT2D eigenvalue weighted by atomic mass is 16.2. The third-order valence-electron chi connectivity index (χ3n) is 10.0. The van der Waals surface area contributed by atoms with Crippen LogP contribution < -0.4 is 4.90 Å². The standard InChI is InChI=1S/C33H34N4O3/c1-32-23-10-2-4-12-25(23)33(22-38,26-13-5-3-11-24(26)32)29-28(32)30(39)37(31(29)40)17-9-8-16-35-18-20-36(21-19-35)27-14-6-7-15-34-27/h2-7,10-15,22,28-29H,8-9,16-21H2,1H3. The number of carbonyl (C=O) groups is 3. The Bertz CT molecular complexity index is 1430. The van der Waals surface area contributed by atoms with Crippen LogP contribution in [0.3, 0.4) is 0 Å². The Morgan fingerprint density at radius 2 is 1.35 bits per heavy atom. The van der Waals surface area contributed by atoms with Gasteiger partial charge in [-0.25, -0.2) is 4.98 Å². The van der Waals surface area contributed by atoms with Crippen LogP contribution in [0.25, 0.3) is 0 Å². The van der Waals surface area contributed by atoms with Gasteiger partial charge in [-0.3, -0.25) is 19.4 Å². The number of hydrogen-bond donors (Lipinski definition) is 0. The van der Waals surface area contributed by atoms with E-state index >= 15 is 0 Å². The molecule has 3 aromatic rings. The molecule has 2 atom stereocenters. The largest absolute Gasteiger partial charge is 0.354 e. The summed E-state index contributed by atoms with van der Waals surface area (Å²) in [6.45, 7) is 7.25. The molecule has 0 N–H and O–H groups in total. The lowest BCUT2D eigenvalue weighted by atomic mass is 9.42. The molecule has 40 heavy (non-hydrogen) atoms. The average Bonchev–Trinajstić information content (AvgIpc) is 3.27. The summed E-state index contributed by atoms with van der Waals surface area (Å²) in [6, 6.07) is 21.8. The van der Waals surface area contributed by atoms with Gasteiger partial charge in [-0.15, -0.1) is 0 Å². The van der Waals surface area contributed by atoms with Crippen LogP contribution in [0.4, 0.5) is 5.82 Å². The van der Waals surface area contributed by atoms with Crippen LogP contribution in [0.5, 0.6) is 0 Å². The maximum absolute atomic E-state index is 14.1. The highest BCUT2D eigenvalue weighted by Gasteiger charge is 2.72. The Kier molecular flexibility index (Phi) is 5.89. The summed E-state index contributed by atoms with van der Waals surface area (Å²) in [5, 5.41) is 0. The third-order valence-corrected chi connectivity index (χ3v) is 10.0. The zero-order valence-corrected chi connectivity index (χ0v) is 22.8. The van der Waals surface area contributed by atoms with Crippen LogP contribution in [0, 0.1) is 11.8 Å². The van der Waals surface area contributed by atoms with Crippen molar-refractivity contribution in [2.75, 3.05) is 44.2 Å². The van der Waals surface area contributed by atoms with E-state index < -0.39 is 22.7 Å². The molecule has 2 unspecified atom stereocenters. The Morgan fingerprint density at radius 1 is 0.775 bits per heavy atom. The highest BCUT2D eigenvalue weighted by Crippen LogP contribution is 2.65. The molecule has 3 aliphatic carbocycles. The Hall–Kier alpha value is -3.84. The monoisotopic (exact) mass is 534 g/mol. The maximum atomic E-state index is 14.1. The summed E-state index contributed by atoms with van der Waals surface area (Å²) in [5.74, 6) is -0.575. The molecule has 0 saturated carbocycles. The van der Waals surface area contributed by atoms with Crippen molar-refractivity contribution in [1.82, 2.24) is 14.8 Å². The number of aromatic nitrogens is 1. The molecule has 0 spiro atoms. The van der Waals surface area contributed by atoms with E-state index in [-0.39, 0.29) is 11.8 Å². The number of rotatable bonds is 7. The van der Waals surface area contributed by atoms with Crippen molar-refractivity contribution in [3.8, 4) is 0 Å². The number of benzene rings is 2. The average molecular weight is 535 g/mol. The van der Waals surface area contributed by atoms with Crippen molar-refractivity contribution in [1.29, 1.82) is 0 Å². The zero-order chi connectivity index (χ0) is 27.5. The van der Waals surface area contributed by atoms with Gasteiger partial charge >= 0.3 is 0 Å². The molecule has 2 aromatic carbocycles. The first-order chi connectivity index (χ1) is 19.5. The fourth-order valence-corrected chi connectivity index (χ4v) is 8.09. The molecule has 2 saturated heterocycles. The summed E-state index contributed by atoms with van der Waals surface area (Å²) in [5.41, 5.74) is 1.95. The molecule has 2 fully saturated rings. The minimum atomic E-state index is -1.13. The van der Waals surface area contributed by atoms with Crippen LogP contribution >= 0.6 is 0 Å². The molecule has 3 heterocycles. The molecule has 2 amide bonds. The first-order valence-electron chi connectivity index (χ1n) is 14.4. The lowest BCUT2D eigenvalue weighted by Gasteiger charge is -2.56. The van der Waals surface area contributed by atoms with Crippen LogP contribution in [0.1, 0.15) is 42.0 Å². The normalized spacial score (nSPS) is 28.8. The fraction of sp³-hybridized carbons (Fsp3) is 0.394. The smallest absolute Gasteiger partial charge is 0.234 e. The van der Waals surface area contributed by atoms with Gasteiger partial charge < -0.3 is 9.69 Å². The number of hydrogen-bond acceptors (Lipinski definition) is 6. The number of nitrogens with zero attached hydrogens (tertiary/aromatic N) is 4. The van der Waals surface area contributed by atoms with E-state index in [1.807, 2.05) is 66.9 Å². The van der Waals surface area contributed by atoms with E-state index in [9.17, 15) is 14.4 Å². The number of amides is 2. The van der Waals surface area contributed by atoms with Gasteiger partial charge in [-0.2, -0.15) is 0 Å². The van der Waals surface area contributed by atoms with Crippen molar-refractivity contribution >= 4 is 23.9 Å². The molecule has 2 bridgehead atoms. The third kappa shape index (κ3) is 3.33. The Labute approximate surface area is 234 Å². The summed E-state index contributed by atoms with van der Waals surface area (Å²) < 4.78 is 0. The van der Waals surface area contributed by atoms with E-state index in [4.69, 9.17) is 0 Å². The molecule has 7 heteroatoms. The topological polar surface area (TPSA) is 73.8 Å². The Balaban J connectivity index is 1.07. The maximum Gasteiger partial charge on any atom is 0.234 e. The molecule has 204 valence electrons. The van der Waals surface area contributed by atoms with E-state index in [2.05, 4.69) is 27.8 Å². The predicted octanol–water partition coefficient (Wildman–Crippen LogP) is 3.40. The summed E-state index contributed by atoms with van der Waals surface area (Å²) in [6.07, 6.45) is 4.44. The van der Waals surface area contributed by atoms with Gasteiger partial charge in [0.1, 0.15) is 12.1 Å². The molecule has 5 aliphatic rings. The van der Waals surface area contributed by atoms with Gasteiger partial charge in [0.05, 0.1) is 17.3 Å². The molecule has 8 rings (SSSR count). The van der Waals surface area contributed by atoms with Crippen LogP contribution in [0.2, 0.25) is 0 Å². The van der Waals surface area contributed by atoms with Crippen molar-refractivity contribution in [3.05, 3.63) is 95.2 Å². The van der Waals surface area contributed by atoms with Crippen LogP contribution in [0.15, 0.2) is 72.9 Å². The van der Waals surface area contributed by atoms with Gasteiger partial charge in [0.25, 0.3) is 0 Å². The Morgan fingerprint density at radius 3 is 1.95 bits per heavy atom. The number of piperazine rings is 1. The van der Waals surface area contributed by atoms with Crippen LogP contribution in [-0.4, -0.2) is 72.2 Å². The molecule has 2 aliphatic heterocycles. The fourth-order valence-electron chi connectivity index (χ4n) is 8.09. The van der Waals surface area contributed by atoms with Crippen molar-refractivity contribution in [3.63, 3.8) is 0 Å². The second kappa shape index (κ2) is 9.37. The zero-order valence-electron chi connectivity index (χ0n) is 22.8. The molecule has 1 aromatic heterocycles. The van der Waals surface area contributed by atoms with E-state index in [1.165, 1.54) is 4.90 Å². The number of likely N-dealkylation sites (tertiary alicyclic amines) is 1. The number of aldehydes is 1. The van der Waals surface area contributed by atoms with Crippen LogP contribution in [-0.2, 0) is 25.2 Å². The summed E-state index contributed by atoms with van der Waals surface area (Å²) >= 11 is 0. The van der Waals surface area contributed by atoms with Gasteiger partial charge in [0.2, 0.25) is 11.8 Å². The van der Waals surface area contributed by atoms with Crippen molar-refractivity contribution in [2.24, 2.45) is 11.8 Å². The van der Waals surface area contributed by atoms with E-state index in [1.54, 1.807) is 0 Å². The molecule has 7 nitrogen and oxygen atoms in total. The number of pyridine rings is 1. The SMILES string of the molecule is CC12c3ccccc3C(C=O)(c3ccccc31)C1C(=O)N(CCCCN3CCN(c4ccccn4)CC3)C(=O)C12. The van der Waals surface area contributed by atoms with Gasteiger partial charge in [-0.05, 0) is 53.8 Å². The first-order valence-corrected chi connectivity index (χ1v) is 14.4. The molecular formula is C33H34N4O3. The van der Waals surface area contributed by atoms with Gasteiger partial charge in [-0.1, -0.05) is 61.5 Å². The lowest BCUT2D eigenvalue weighted by molar-refractivity contribution is -0.140. The highest BCUT2D eigenvalue weighted by molar-refractivity contribution is 6.11. The number of anilines is 1. The molecular weight excluding hydrogens is 500 g/mol. The summed E-state index contributed by atoms with van der Waals surface area (Å²) in [7, 11) is 0. The minimum absolute atomic E-state index is 0.128. The van der Waals surface area contributed by atoms with Gasteiger partial charge in [0, 0.05) is 44.3 Å². The number of imide groups is 1. The quantitative estimate of drug-likeness (QED) is 0.263. The number of unbranched alkanes of at least 4 members (excludes halogenated alkanes) is 1. The van der Waals surface area contributed by atoms with Gasteiger partial charge in [0.15, 0.2) is 0 Å². The lowest BCUT2D eigenvalue weighted by Crippen LogP contribution is -2.61. The van der Waals surface area contributed by atoms with E-state index in [0.717, 1.165) is 79.9 Å².